The van der Waals surface area contributed by atoms with E-state index in [2.05, 4.69) is 39.8 Å². The summed E-state index contributed by atoms with van der Waals surface area (Å²) in [4.78, 5) is 12.6. The van der Waals surface area contributed by atoms with Crippen LogP contribution in [-0.4, -0.2) is 43.6 Å². The standard InChI is InChI=1S/C29H43O7P/c1-8-32-37(31,33-9-2)34-19-24-18-29(36-28-15-23(7)27(30)16-26(24)28)17-22(6)14-25(35-29)13-21(5)12-10-11-20(3)4/h11,13,15,17-18,25-26,28H,8-10,12,14,16,19H2,1-7H3/b21-13+/t25-,26-,28-,29+/m1/s1. The zero-order chi connectivity index (χ0) is 27.2. The Kier molecular flexibility index (Phi) is 10.5. The van der Waals surface area contributed by atoms with E-state index in [0.29, 0.717) is 12.0 Å². The molecule has 3 rings (SSSR count). The molecule has 0 aromatic rings. The van der Waals surface area contributed by atoms with E-state index in [4.69, 9.17) is 23.0 Å². The van der Waals surface area contributed by atoms with Gasteiger partial charge in [-0.05, 0) is 97.1 Å². The number of phosphoric acid groups is 1. The topological polar surface area (TPSA) is 80.3 Å². The van der Waals surface area contributed by atoms with Crippen molar-refractivity contribution in [1.82, 2.24) is 0 Å². The molecule has 0 saturated heterocycles. The van der Waals surface area contributed by atoms with E-state index < -0.39 is 13.6 Å². The van der Waals surface area contributed by atoms with E-state index in [0.717, 1.165) is 30.4 Å². The first kappa shape index (κ1) is 29.9. The number of carbonyl (C=O) groups excluding carboxylic acids is 1. The monoisotopic (exact) mass is 534 g/mol. The van der Waals surface area contributed by atoms with Gasteiger partial charge in [-0.2, -0.15) is 0 Å². The fourth-order valence-corrected chi connectivity index (χ4v) is 6.15. The van der Waals surface area contributed by atoms with Gasteiger partial charge in [0.2, 0.25) is 5.79 Å². The van der Waals surface area contributed by atoms with Crippen molar-refractivity contribution in [2.45, 2.75) is 92.1 Å². The maximum atomic E-state index is 13.0. The lowest BCUT2D eigenvalue weighted by Crippen LogP contribution is -2.49. The number of ketones is 1. The average molecular weight is 535 g/mol. The summed E-state index contributed by atoms with van der Waals surface area (Å²) in [5.74, 6) is -1.28. The number of hydrogen-bond acceptors (Lipinski definition) is 7. The second-order valence-corrected chi connectivity index (χ2v) is 12.0. The smallest absolute Gasteiger partial charge is 0.335 e. The number of ether oxygens (including phenoxy) is 2. The Hall–Kier alpha value is -1.60. The number of Topliss-reactive ketones (excluding diaryl/α,β-unsaturated/α-hetero) is 1. The van der Waals surface area contributed by atoms with Crippen LogP contribution < -0.4 is 0 Å². The van der Waals surface area contributed by atoms with E-state index in [1.54, 1.807) is 13.8 Å². The zero-order valence-corrected chi connectivity index (χ0v) is 24.3. The number of fused-ring (bicyclic) bond motifs is 1. The highest BCUT2D eigenvalue weighted by molar-refractivity contribution is 7.48. The highest BCUT2D eigenvalue weighted by Crippen LogP contribution is 2.51. The molecule has 37 heavy (non-hydrogen) atoms. The Balaban J connectivity index is 1.90. The fourth-order valence-electron chi connectivity index (χ4n) is 4.98. The Morgan fingerprint density at radius 3 is 2.43 bits per heavy atom. The zero-order valence-electron chi connectivity index (χ0n) is 23.4. The molecule has 0 saturated carbocycles. The van der Waals surface area contributed by atoms with Gasteiger partial charge in [0.25, 0.3) is 0 Å². The van der Waals surface area contributed by atoms with Gasteiger partial charge in [0.1, 0.15) is 0 Å². The number of hydrogen-bond donors (Lipinski definition) is 0. The quantitative estimate of drug-likeness (QED) is 0.205. The third kappa shape index (κ3) is 8.19. The summed E-state index contributed by atoms with van der Waals surface area (Å²) in [6, 6.07) is 0. The molecule has 0 bridgehead atoms. The van der Waals surface area contributed by atoms with E-state index in [-0.39, 0.29) is 43.7 Å². The maximum absolute atomic E-state index is 13.0. The van der Waals surface area contributed by atoms with Crippen LogP contribution in [0, 0.1) is 5.92 Å². The first-order valence-corrected chi connectivity index (χ1v) is 14.8. The number of carbonyl (C=O) groups is 1. The number of phosphoric ester groups is 1. The summed E-state index contributed by atoms with van der Waals surface area (Å²) in [5, 5.41) is 0. The molecule has 7 nitrogen and oxygen atoms in total. The molecule has 0 aromatic heterocycles. The van der Waals surface area contributed by atoms with Crippen molar-refractivity contribution in [3.05, 3.63) is 58.2 Å². The summed E-state index contributed by atoms with van der Waals surface area (Å²) in [7, 11) is -3.73. The van der Waals surface area contributed by atoms with Gasteiger partial charge in [-0.1, -0.05) is 28.9 Å². The van der Waals surface area contributed by atoms with Crippen LogP contribution >= 0.6 is 7.82 Å². The minimum atomic E-state index is -3.73. The Labute approximate surface area is 222 Å². The molecule has 0 amide bonds. The average Bonchev–Trinajstić information content (AvgIpc) is 2.78. The van der Waals surface area contributed by atoms with Crippen molar-refractivity contribution in [3.63, 3.8) is 0 Å². The Morgan fingerprint density at radius 1 is 1.08 bits per heavy atom. The van der Waals surface area contributed by atoms with Crippen molar-refractivity contribution in [2.75, 3.05) is 19.8 Å². The van der Waals surface area contributed by atoms with Gasteiger partial charge in [0.05, 0.1) is 32.0 Å². The van der Waals surface area contributed by atoms with Crippen LogP contribution in [0.1, 0.15) is 74.1 Å². The van der Waals surface area contributed by atoms with Crippen LogP contribution in [0.25, 0.3) is 0 Å². The van der Waals surface area contributed by atoms with E-state index in [9.17, 15) is 9.36 Å². The highest BCUT2D eigenvalue weighted by atomic mass is 31.2. The van der Waals surface area contributed by atoms with Gasteiger partial charge in [0, 0.05) is 12.3 Å². The summed E-state index contributed by atoms with van der Waals surface area (Å²) < 4.78 is 42.5. The predicted octanol–water partition coefficient (Wildman–Crippen LogP) is 7.17. The molecule has 0 radical (unpaired) electrons. The van der Waals surface area contributed by atoms with Gasteiger partial charge >= 0.3 is 7.82 Å². The largest absolute Gasteiger partial charge is 0.475 e. The molecule has 8 heteroatoms. The van der Waals surface area contributed by atoms with Crippen LogP contribution in [0.4, 0.5) is 0 Å². The lowest BCUT2D eigenvalue weighted by molar-refractivity contribution is -0.224. The van der Waals surface area contributed by atoms with Crippen LogP contribution in [0.15, 0.2) is 58.2 Å². The van der Waals surface area contributed by atoms with Gasteiger partial charge in [-0.15, -0.1) is 0 Å². The second-order valence-electron chi connectivity index (χ2n) is 10.3. The molecule has 0 fully saturated rings. The van der Waals surface area contributed by atoms with E-state index >= 15 is 0 Å². The molecular formula is C29H43O7P. The van der Waals surface area contributed by atoms with Crippen molar-refractivity contribution < 1.29 is 32.4 Å². The van der Waals surface area contributed by atoms with Gasteiger partial charge < -0.3 is 9.47 Å². The minimum absolute atomic E-state index is 0.0117. The van der Waals surface area contributed by atoms with Crippen molar-refractivity contribution in [1.29, 1.82) is 0 Å². The van der Waals surface area contributed by atoms with Crippen molar-refractivity contribution in [2.24, 2.45) is 5.92 Å². The molecule has 206 valence electrons. The van der Waals surface area contributed by atoms with Crippen LogP contribution in [0.2, 0.25) is 0 Å². The molecule has 3 aliphatic rings. The molecule has 0 unspecified atom stereocenters. The second kappa shape index (κ2) is 13.0. The third-order valence-corrected chi connectivity index (χ3v) is 8.27. The highest BCUT2D eigenvalue weighted by Gasteiger charge is 2.46. The van der Waals surface area contributed by atoms with Crippen LogP contribution in [0.3, 0.4) is 0 Å². The lowest BCUT2D eigenvalue weighted by atomic mass is 9.79. The maximum Gasteiger partial charge on any atom is 0.475 e. The molecule has 4 atom stereocenters. The van der Waals surface area contributed by atoms with Crippen molar-refractivity contribution in [3.8, 4) is 0 Å². The molecule has 0 N–H and O–H groups in total. The Morgan fingerprint density at radius 2 is 1.78 bits per heavy atom. The van der Waals surface area contributed by atoms with Gasteiger partial charge in [-0.25, -0.2) is 4.57 Å². The Bertz CT molecular complexity index is 1040. The summed E-state index contributed by atoms with van der Waals surface area (Å²) in [6.45, 7) is 14.1. The first-order valence-electron chi connectivity index (χ1n) is 13.3. The van der Waals surface area contributed by atoms with Crippen LogP contribution in [0.5, 0.6) is 0 Å². The van der Waals surface area contributed by atoms with Gasteiger partial charge in [0.15, 0.2) is 5.78 Å². The fraction of sp³-hybridized carbons (Fsp3) is 0.621. The van der Waals surface area contributed by atoms with Gasteiger partial charge in [-0.3, -0.25) is 18.4 Å². The molecule has 2 aliphatic heterocycles. The van der Waals surface area contributed by atoms with E-state index in [1.807, 2.05) is 25.2 Å². The van der Waals surface area contributed by atoms with Crippen LogP contribution in [-0.2, 0) is 32.4 Å². The molecule has 2 heterocycles. The third-order valence-electron chi connectivity index (χ3n) is 6.67. The van der Waals surface area contributed by atoms with E-state index in [1.165, 1.54) is 11.1 Å². The normalized spacial score (nSPS) is 28.4. The molecular weight excluding hydrogens is 491 g/mol. The predicted molar refractivity (Wildman–Crippen MR) is 145 cm³/mol. The number of allylic oxidation sites excluding steroid dienone is 4. The first-order chi connectivity index (χ1) is 17.5. The SMILES string of the molecule is CCOP(=O)(OCC)OCC1=C[C@]2(C=C(C)C[C@@H](/C=C(\C)CCC=C(C)C)O2)O[C@@H]2C=C(C)C(=O)C[C@H]12. The summed E-state index contributed by atoms with van der Waals surface area (Å²) in [5.41, 5.74) is 5.21. The summed E-state index contributed by atoms with van der Waals surface area (Å²) in [6.07, 6.45) is 12.7. The summed E-state index contributed by atoms with van der Waals surface area (Å²) >= 11 is 0. The van der Waals surface area contributed by atoms with Crippen molar-refractivity contribution >= 4 is 13.6 Å². The number of rotatable bonds is 11. The molecule has 0 aromatic carbocycles. The minimum Gasteiger partial charge on any atom is -0.335 e. The lowest BCUT2D eigenvalue weighted by Gasteiger charge is -2.45. The molecule has 1 spiro atoms. The molecule has 1 aliphatic carbocycles.